The number of carboxylic acids is 1. The first-order valence-electron chi connectivity index (χ1n) is 8.26. The van der Waals surface area contributed by atoms with Gasteiger partial charge in [0.2, 0.25) is 0 Å². The van der Waals surface area contributed by atoms with E-state index in [4.69, 9.17) is 9.84 Å². The molecular formula is C20H25NO3. The smallest absolute Gasteiger partial charge is 0.317 e. The Labute approximate surface area is 143 Å². The van der Waals surface area contributed by atoms with Crippen LogP contribution in [0.4, 0.5) is 0 Å². The average molecular weight is 327 g/mol. The van der Waals surface area contributed by atoms with E-state index in [2.05, 4.69) is 19.1 Å². The fraction of sp³-hybridized carbons (Fsp3) is 0.350. The third-order valence-corrected chi connectivity index (χ3v) is 4.12. The monoisotopic (exact) mass is 327 g/mol. The molecule has 0 spiro atoms. The molecule has 24 heavy (non-hydrogen) atoms. The number of aliphatic carboxylic acids is 1. The first-order valence-corrected chi connectivity index (χ1v) is 8.26. The summed E-state index contributed by atoms with van der Waals surface area (Å²) in [6.07, 6.45) is 1.75. The first kappa shape index (κ1) is 18.0. The van der Waals surface area contributed by atoms with Gasteiger partial charge in [0.25, 0.3) is 0 Å². The molecule has 0 aliphatic rings. The Kier molecular flexibility index (Phi) is 6.82. The molecule has 0 fully saturated rings. The summed E-state index contributed by atoms with van der Waals surface area (Å²) in [4.78, 5) is 12.7. The van der Waals surface area contributed by atoms with Gasteiger partial charge in [-0.2, -0.15) is 0 Å². The lowest BCUT2D eigenvalue weighted by molar-refractivity contribution is -0.138. The zero-order valence-corrected chi connectivity index (χ0v) is 14.3. The largest absolute Gasteiger partial charge is 0.489 e. The molecule has 128 valence electrons. The summed E-state index contributed by atoms with van der Waals surface area (Å²) < 4.78 is 5.79. The van der Waals surface area contributed by atoms with Gasteiger partial charge in [0.05, 0.1) is 6.54 Å². The van der Waals surface area contributed by atoms with Gasteiger partial charge in [0, 0.05) is 6.04 Å². The van der Waals surface area contributed by atoms with E-state index in [0.717, 1.165) is 24.2 Å². The molecule has 1 atom stereocenters. The lowest BCUT2D eigenvalue weighted by Gasteiger charge is -2.25. The maximum absolute atomic E-state index is 10.9. The van der Waals surface area contributed by atoms with Gasteiger partial charge in [-0.1, -0.05) is 49.4 Å². The van der Waals surface area contributed by atoms with E-state index in [9.17, 15) is 4.79 Å². The molecule has 0 amide bonds. The van der Waals surface area contributed by atoms with E-state index in [0.29, 0.717) is 6.61 Å². The molecule has 2 aromatic carbocycles. The van der Waals surface area contributed by atoms with Gasteiger partial charge in [0.1, 0.15) is 12.4 Å². The molecule has 4 nitrogen and oxygen atoms in total. The molecular weight excluding hydrogens is 302 g/mol. The van der Waals surface area contributed by atoms with E-state index < -0.39 is 5.97 Å². The summed E-state index contributed by atoms with van der Waals surface area (Å²) in [6, 6.07) is 18.3. The fourth-order valence-corrected chi connectivity index (χ4v) is 2.69. The standard InChI is InChI=1S/C20H25NO3/c1-3-18(21(2)14-20(22)23)13-16-9-11-19(12-10-16)24-15-17-7-5-4-6-8-17/h4-12,18H,3,13-15H2,1-2H3,(H,22,23)/t18-/m1/s1. The van der Waals surface area contributed by atoms with Crippen molar-refractivity contribution in [3.63, 3.8) is 0 Å². The van der Waals surface area contributed by atoms with Crippen LogP contribution in [0.25, 0.3) is 0 Å². The highest BCUT2D eigenvalue weighted by molar-refractivity contribution is 5.69. The summed E-state index contributed by atoms with van der Waals surface area (Å²) in [5.74, 6) is 0.0511. The summed E-state index contributed by atoms with van der Waals surface area (Å²) in [5, 5.41) is 8.93. The summed E-state index contributed by atoms with van der Waals surface area (Å²) in [6.45, 7) is 2.70. The molecule has 2 rings (SSSR count). The minimum Gasteiger partial charge on any atom is -0.489 e. The molecule has 0 unspecified atom stereocenters. The SMILES string of the molecule is CC[C@H](Cc1ccc(OCc2ccccc2)cc1)N(C)CC(=O)O. The number of hydrogen-bond acceptors (Lipinski definition) is 3. The van der Waals surface area contributed by atoms with Gasteiger partial charge in [-0.05, 0) is 43.1 Å². The van der Waals surface area contributed by atoms with Crippen LogP contribution in [0.5, 0.6) is 5.75 Å². The maximum atomic E-state index is 10.9. The number of likely N-dealkylation sites (N-methyl/N-ethyl adjacent to an activating group) is 1. The highest BCUT2D eigenvalue weighted by Gasteiger charge is 2.15. The van der Waals surface area contributed by atoms with Gasteiger partial charge < -0.3 is 9.84 Å². The maximum Gasteiger partial charge on any atom is 0.317 e. The van der Waals surface area contributed by atoms with Crippen LogP contribution in [0.1, 0.15) is 24.5 Å². The van der Waals surface area contributed by atoms with Gasteiger partial charge in [-0.15, -0.1) is 0 Å². The second-order valence-corrected chi connectivity index (χ2v) is 5.99. The predicted octanol–water partition coefficient (Wildman–Crippen LogP) is 3.60. The predicted molar refractivity (Wildman–Crippen MR) is 95.3 cm³/mol. The van der Waals surface area contributed by atoms with Crippen molar-refractivity contribution in [3.05, 3.63) is 65.7 Å². The number of carboxylic acid groups (broad SMARTS) is 1. The van der Waals surface area contributed by atoms with Crippen LogP contribution in [0.15, 0.2) is 54.6 Å². The van der Waals surface area contributed by atoms with Crippen LogP contribution in [0.2, 0.25) is 0 Å². The van der Waals surface area contributed by atoms with Crippen LogP contribution in [0.3, 0.4) is 0 Å². The molecule has 0 aromatic heterocycles. The molecule has 0 bridgehead atoms. The third kappa shape index (κ3) is 5.70. The van der Waals surface area contributed by atoms with Crippen molar-refractivity contribution in [3.8, 4) is 5.75 Å². The first-order chi connectivity index (χ1) is 11.6. The van der Waals surface area contributed by atoms with Crippen molar-refractivity contribution < 1.29 is 14.6 Å². The molecule has 0 radical (unpaired) electrons. The molecule has 0 aliphatic carbocycles. The average Bonchev–Trinajstić information content (AvgIpc) is 2.59. The van der Waals surface area contributed by atoms with E-state index in [-0.39, 0.29) is 12.6 Å². The van der Waals surface area contributed by atoms with Crippen molar-refractivity contribution >= 4 is 5.97 Å². The van der Waals surface area contributed by atoms with Gasteiger partial charge in [-0.25, -0.2) is 0 Å². The van der Waals surface area contributed by atoms with Crippen LogP contribution in [0, 0.1) is 0 Å². The van der Waals surface area contributed by atoms with Crippen LogP contribution in [-0.4, -0.2) is 35.6 Å². The zero-order valence-electron chi connectivity index (χ0n) is 14.3. The van der Waals surface area contributed by atoms with Crippen molar-refractivity contribution in [2.45, 2.75) is 32.4 Å². The van der Waals surface area contributed by atoms with Crippen molar-refractivity contribution in [1.29, 1.82) is 0 Å². The molecule has 2 aromatic rings. The van der Waals surface area contributed by atoms with Crippen molar-refractivity contribution in [2.24, 2.45) is 0 Å². The third-order valence-electron chi connectivity index (χ3n) is 4.12. The van der Waals surface area contributed by atoms with Crippen LogP contribution >= 0.6 is 0 Å². The Morgan fingerprint density at radius 1 is 1.08 bits per heavy atom. The number of nitrogens with zero attached hydrogens (tertiary/aromatic N) is 1. The lowest BCUT2D eigenvalue weighted by Crippen LogP contribution is -2.36. The Hall–Kier alpha value is -2.33. The highest BCUT2D eigenvalue weighted by Crippen LogP contribution is 2.17. The van der Waals surface area contributed by atoms with Gasteiger partial charge in [0.15, 0.2) is 0 Å². The second kappa shape index (κ2) is 9.08. The lowest BCUT2D eigenvalue weighted by atomic mass is 10.0. The molecule has 0 saturated heterocycles. The summed E-state index contributed by atoms with van der Waals surface area (Å²) in [5.41, 5.74) is 2.33. The second-order valence-electron chi connectivity index (χ2n) is 5.99. The minimum absolute atomic E-state index is 0.0662. The van der Waals surface area contributed by atoms with Gasteiger partial charge >= 0.3 is 5.97 Å². The van der Waals surface area contributed by atoms with E-state index in [1.54, 1.807) is 0 Å². The minimum atomic E-state index is -0.791. The number of rotatable bonds is 9. The van der Waals surface area contributed by atoms with E-state index in [1.165, 1.54) is 5.56 Å². The number of ether oxygens (including phenoxy) is 1. The number of benzene rings is 2. The zero-order chi connectivity index (χ0) is 17.4. The summed E-state index contributed by atoms with van der Waals surface area (Å²) >= 11 is 0. The number of carbonyl (C=O) groups is 1. The van der Waals surface area contributed by atoms with Crippen LogP contribution < -0.4 is 4.74 Å². The normalized spacial score (nSPS) is 12.1. The Morgan fingerprint density at radius 2 is 1.75 bits per heavy atom. The van der Waals surface area contributed by atoms with Crippen molar-refractivity contribution in [1.82, 2.24) is 4.90 Å². The molecule has 0 saturated carbocycles. The highest BCUT2D eigenvalue weighted by atomic mass is 16.5. The molecule has 4 heteroatoms. The Morgan fingerprint density at radius 3 is 2.33 bits per heavy atom. The molecule has 1 N–H and O–H groups in total. The topological polar surface area (TPSA) is 49.8 Å². The van der Waals surface area contributed by atoms with Gasteiger partial charge in [-0.3, -0.25) is 9.69 Å². The van der Waals surface area contributed by atoms with E-state index in [1.807, 2.05) is 54.4 Å². The van der Waals surface area contributed by atoms with Crippen LogP contribution in [-0.2, 0) is 17.8 Å². The summed E-state index contributed by atoms with van der Waals surface area (Å²) in [7, 11) is 1.86. The molecule has 0 aliphatic heterocycles. The van der Waals surface area contributed by atoms with E-state index >= 15 is 0 Å². The quantitative estimate of drug-likeness (QED) is 0.764. The number of hydrogen-bond donors (Lipinski definition) is 1. The molecule has 0 heterocycles. The van der Waals surface area contributed by atoms with Crippen molar-refractivity contribution in [2.75, 3.05) is 13.6 Å². The fourth-order valence-electron chi connectivity index (χ4n) is 2.69. The Bertz CT molecular complexity index is 625. The Balaban J connectivity index is 1.89.